The van der Waals surface area contributed by atoms with E-state index in [1.165, 1.54) is 6.07 Å². The summed E-state index contributed by atoms with van der Waals surface area (Å²) in [4.78, 5) is 2.57. The van der Waals surface area contributed by atoms with Crippen LogP contribution >= 0.6 is 11.6 Å². The third-order valence-electron chi connectivity index (χ3n) is 0.783. The fraction of sp³-hybridized carbons (Fsp3) is 0. The molecule has 62 valence electrons. The Morgan fingerprint density at radius 1 is 1.25 bits per heavy atom. The van der Waals surface area contributed by atoms with Crippen LogP contribution in [-0.2, 0) is 0 Å². The molecule has 0 aliphatic heterocycles. The molecular weight excluding hydrogens is 226 g/mol. The molecule has 1 aromatic rings. The zero-order chi connectivity index (χ0) is 7.72. The smallest absolute Gasteiger partial charge is 1.00 e. The van der Waals surface area contributed by atoms with Crippen molar-refractivity contribution < 1.29 is 25.6 Å². The van der Waals surface area contributed by atoms with Gasteiger partial charge in [0, 0.05) is 0 Å². The van der Waals surface area contributed by atoms with E-state index in [0.29, 0.717) is 0 Å². The third kappa shape index (κ3) is 3.34. The van der Waals surface area contributed by atoms with Gasteiger partial charge < -0.3 is 12.4 Å². The van der Waals surface area contributed by atoms with Crippen molar-refractivity contribution in [2.24, 2.45) is 0 Å². The molecule has 0 amide bonds. The maximum absolute atomic E-state index is 12.1. The largest absolute Gasteiger partial charge is 2.00 e. The quantitative estimate of drug-likeness (QED) is 0.300. The van der Waals surface area contributed by atoms with Crippen molar-refractivity contribution in [2.75, 3.05) is 0 Å². The van der Waals surface area contributed by atoms with Crippen molar-refractivity contribution >= 4 is 34.7 Å². The molecule has 1 rings (SSSR count). The molecule has 0 aliphatic carbocycles. The molecule has 1 aromatic heterocycles. The van der Waals surface area contributed by atoms with Gasteiger partial charge in [0.25, 0.3) is 0 Å². The fourth-order valence-electron chi connectivity index (χ4n) is 0.399. The van der Waals surface area contributed by atoms with E-state index in [1.807, 2.05) is 0 Å². The first-order chi connectivity index (χ1) is 4.61. The van der Waals surface area contributed by atoms with Gasteiger partial charge in [-0.2, -0.15) is 17.7 Å². The summed E-state index contributed by atoms with van der Waals surface area (Å²) in [6.07, 6.45) is 0. The normalized spacial score (nSPS) is 8.33. The minimum Gasteiger partial charge on any atom is -1.00 e. The Balaban J connectivity index is 0. The van der Waals surface area contributed by atoms with Gasteiger partial charge in [0.2, 0.25) is 0 Å². The minimum absolute atomic E-state index is 0. The van der Waals surface area contributed by atoms with E-state index in [9.17, 15) is 13.2 Å². The molecule has 0 N–H and O–H groups in total. The molecule has 0 aliphatic rings. The molecule has 0 fully saturated rings. The molecule has 1 heterocycles. The summed E-state index contributed by atoms with van der Waals surface area (Å²) < 4.78 is 36.1. The van der Waals surface area contributed by atoms with Crippen LogP contribution in [0.15, 0.2) is 0 Å². The van der Waals surface area contributed by atoms with Gasteiger partial charge in [-0.3, -0.25) is 0 Å². The molecule has 7 heteroatoms. The molecule has 0 atom stereocenters. The zero-order valence-electron chi connectivity index (χ0n) is 5.54. The molecule has 0 radical (unpaired) electrons. The molecule has 12 heavy (non-hydrogen) atoms. The SMILES string of the molecule is Fc1[c-]c(F)c(Cl)c(F)n1.[Cl-].[Mg+2]. The monoisotopic (exact) mass is 225 g/mol. The van der Waals surface area contributed by atoms with Gasteiger partial charge in [0.1, 0.15) is 5.95 Å². The Kier molecular flexibility index (Phi) is 7.21. The van der Waals surface area contributed by atoms with Gasteiger partial charge in [0.05, 0.1) is 0 Å². The van der Waals surface area contributed by atoms with Crippen molar-refractivity contribution in [2.45, 2.75) is 0 Å². The van der Waals surface area contributed by atoms with E-state index in [0.717, 1.165) is 0 Å². The van der Waals surface area contributed by atoms with Gasteiger partial charge in [-0.1, -0.05) is 0 Å². The Labute approximate surface area is 93.9 Å². The van der Waals surface area contributed by atoms with Gasteiger partial charge in [0.15, 0.2) is 5.95 Å². The minimum atomic E-state index is -1.37. The van der Waals surface area contributed by atoms with Crippen LogP contribution < -0.4 is 12.4 Å². The maximum atomic E-state index is 12.1. The van der Waals surface area contributed by atoms with Crippen molar-refractivity contribution in [3.63, 3.8) is 0 Å². The number of pyridine rings is 1. The van der Waals surface area contributed by atoms with Crippen LogP contribution in [0.3, 0.4) is 0 Å². The van der Waals surface area contributed by atoms with E-state index in [2.05, 4.69) is 4.98 Å². The standard InChI is InChI=1S/C5ClF3N.ClH.Mg/c6-4-2(7)1-3(8)10-5(4)9;;/h;1H;/q-1;;+2/p-1. The number of aromatic nitrogens is 1. The summed E-state index contributed by atoms with van der Waals surface area (Å²) >= 11 is 4.94. The number of rotatable bonds is 0. The van der Waals surface area contributed by atoms with Crippen molar-refractivity contribution in [1.29, 1.82) is 0 Å². The second-order valence-electron chi connectivity index (χ2n) is 1.45. The Morgan fingerprint density at radius 3 is 2.17 bits per heavy atom. The average molecular weight is 226 g/mol. The second kappa shape index (κ2) is 5.85. The maximum Gasteiger partial charge on any atom is 2.00 e. The van der Waals surface area contributed by atoms with Crippen LogP contribution in [0.25, 0.3) is 0 Å². The second-order valence-corrected chi connectivity index (χ2v) is 1.82. The zero-order valence-corrected chi connectivity index (χ0v) is 8.47. The van der Waals surface area contributed by atoms with Crippen molar-refractivity contribution in [3.05, 3.63) is 28.8 Å². The summed E-state index contributed by atoms with van der Waals surface area (Å²) in [5.74, 6) is -3.98. The number of nitrogens with zero attached hydrogens (tertiary/aromatic N) is 1. The molecule has 1 nitrogen and oxygen atoms in total. The molecule has 0 bridgehead atoms. The first-order valence-corrected chi connectivity index (χ1v) is 2.58. The average Bonchev–Trinajstić information content (AvgIpc) is 1.82. The molecule has 0 saturated carbocycles. The predicted molar refractivity (Wildman–Crippen MR) is 33.7 cm³/mol. The van der Waals surface area contributed by atoms with E-state index in [1.54, 1.807) is 0 Å². The van der Waals surface area contributed by atoms with Crippen LogP contribution in [-0.4, -0.2) is 28.0 Å². The fourth-order valence-corrected chi connectivity index (χ4v) is 0.489. The van der Waals surface area contributed by atoms with E-state index in [4.69, 9.17) is 11.6 Å². The first-order valence-electron chi connectivity index (χ1n) is 2.20. The molecule has 0 saturated heterocycles. The molecule has 0 aromatic carbocycles. The van der Waals surface area contributed by atoms with Crippen LogP contribution in [0.5, 0.6) is 0 Å². The number of hydrogen-bond acceptors (Lipinski definition) is 1. The molecular formula is C5Cl2F3MgN. The van der Waals surface area contributed by atoms with Crippen LogP contribution in [0.4, 0.5) is 13.2 Å². The first kappa shape index (κ1) is 14.8. The number of halogens is 5. The molecule has 0 unspecified atom stereocenters. The summed E-state index contributed by atoms with van der Waals surface area (Å²) in [5.41, 5.74) is 0. The summed E-state index contributed by atoms with van der Waals surface area (Å²) in [6.45, 7) is 0. The summed E-state index contributed by atoms with van der Waals surface area (Å²) in [6, 6.07) is 1.46. The van der Waals surface area contributed by atoms with Crippen LogP contribution in [0.2, 0.25) is 5.02 Å². The van der Waals surface area contributed by atoms with Gasteiger partial charge in [-0.05, 0) is 10.8 Å². The Morgan fingerprint density at radius 2 is 1.75 bits per heavy atom. The summed E-state index contributed by atoms with van der Waals surface area (Å²) in [7, 11) is 0. The van der Waals surface area contributed by atoms with Crippen LogP contribution in [0, 0.1) is 23.8 Å². The van der Waals surface area contributed by atoms with E-state index < -0.39 is 22.7 Å². The Bertz CT molecular complexity index is 248. The predicted octanol–water partition coefficient (Wildman–Crippen LogP) is -1.42. The van der Waals surface area contributed by atoms with E-state index in [-0.39, 0.29) is 35.5 Å². The van der Waals surface area contributed by atoms with Gasteiger partial charge >= 0.3 is 23.1 Å². The van der Waals surface area contributed by atoms with Gasteiger partial charge in [-0.25, -0.2) is 18.2 Å². The number of hydrogen-bond donors (Lipinski definition) is 0. The summed E-state index contributed by atoms with van der Waals surface area (Å²) in [5, 5.41) is -0.846. The van der Waals surface area contributed by atoms with E-state index >= 15 is 0 Å². The topological polar surface area (TPSA) is 12.9 Å². The third-order valence-corrected chi connectivity index (χ3v) is 1.10. The van der Waals surface area contributed by atoms with Crippen LogP contribution in [0.1, 0.15) is 0 Å². The van der Waals surface area contributed by atoms with Crippen molar-refractivity contribution in [3.8, 4) is 0 Å². The Hall–Kier alpha value is 0.286. The van der Waals surface area contributed by atoms with Crippen molar-refractivity contribution in [1.82, 2.24) is 4.98 Å². The van der Waals surface area contributed by atoms with Gasteiger partial charge in [-0.15, -0.1) is 0 Å². The molecule has 0 spiro atoms.